The summed E-state index contributed by atoms with van der Waals surface area (Å²) in [6.45, 7) is 2.42. The first-order chi connectivity index (χ1) is 8.28. The van der Waals surface area contributed by atoms with E-state index in [1.54, 1.807) is 0 Å². The van der Waals surface area contributed by atoms with Crippen molar-refractivity contribution in [2.45, 2.75) is 26.4 Å². The zero-order chi connectivity index (χ0) is 12.1. The fourth-order valence-electron chi connectivity index (χ4n) is 1.37. The maximum atomic E-state index is 5.57. The molecule has 17 heavy (non-hydrogen) atoms. The lowest BCUT2D eigenvalue weighted by atomic mass is 10.3. The number of nitrogens with zero attached hydrogens (tertiary/aromatic N) is 2. The van der Waals surface area contributed by atoms with Gasteiger partial charge in [-0.3, -0.25) is 0 Å². The van der Waals surface area contributed by atoms with E-state index in [1.807, 2.05) is 24.3 Å². The molecule has 1 heterocycles. The number of halogens is 1. The van der Waals surface area contributed by atoms with Crippen LogP contribution in [0.3, 0.4) is 0 Å². The Hall–Kier alpha value is -1.11. The maximum Gasteiger partial charge on any atom is 0.226 e. The minimum absolute atomic E-state index is 0.341. The van der Waals surface area contributed by atoms with E-state index >= 15 is 0 Å². The Morgan fingerprint density at radius 2 is 2.29 bits per heavy atom. The van der Waals surface area contributed by atoms with E-state index in [0.717, 1.165) is 22.2 Å². The number of rotatable bonds is 5. The van der Waals surface area contributed by atoms with Crippen LogP contribution in [0.1, 0.15) is 25.1 Å². The summed E-state index contributed by atoms with van der Waals surface area (Å²) in [4.78, 5) is 4.23. The van der Waals surface area contributed by atoms with Gasteiger partial charge in [0, 0.05) is 9.99 Å². The van der Waals surface area contributed by atoms with E-state index in [9.17, 15) is 0 Å². The van der Waals surface area contributed by atoms with Gasteiger partial charge in [-0.25, -0.2) is 0 Å². The highest BCUT2D eigenvalue weighted by molar-refractivity contribution is 14.1. The minimum Gasteiger partial charge on any atom is -0.485 e. The Morgan fingerprint density at radius 1 is 1.41 bits per heavy atom. The molecule has 2 rings (SSSR count). The quantitative estimate of drug-likeness (QED) is 0.782. The van der Waals surface area contributed by atoms with Gasteiger partial charge in [0.25, 0.3) is 0 Å². The highest BCUT2D eigenvalue weighted by atomic mass is 127. The molecule has 0 saturated heterocycles. The third-order valence-electron chi connectivity index (χ3n) is 2.14. The van der Waals surface area contributed by atoms with Crippen LogP contribution in [0.2, 0.25) is 0 Å². The Kier molecular flexibility index (Phi) is 4.36. The fourth-order valence-corrected chi connectivity index (χ4v) is 1.88. The molecule has 0 aliphatic heterocycles. The first kappa shape index (κ1) is 12.3. The SMILES string of the molecule is CCCc1nc(COc2cccc(I)c2)no1. The van der Waals surface area contributed by atoms with Gasteiger partial charge >= 0.3 is 0 Å². The topological polar surface area (TPSA) is 48.2 Å². The molecule has 2 aromatic rings. The molecule has 1 aromatic carbocycles. The van der Waals surface area contributed by atoms with E-state index in [0.29, 0.717) is 18.3 Å². The van der Waals surface area contributed by atoms with E-state index in [4.69, 9.17) is 9.26 Å². The van der Waals surface area contributed by atoms with Crippen LogP contribution in [-0.2, 0) is 13.0 Å². The number of hydrogen-bond acceptors (Lipinski definition) is 4. The van der Waals surface area contributed by atoms with Gasteiger partial charge in [-0.1, -0.05) is 18.1 Å². The monoisotopic (exact) mass is 344 g/mol. The third kappa shape index (κ3) is 3.69. The number of ether oxygens (including phenoxy) is 1. The molecule has 0 amide bonds. The maximum absolute atomic E-state index is 5.57. The molecular weight excluding hydrogens is 331 g/mol. The van der Waals surface area contributed by atoms with Gasteiger partial charge in [0.1, 0.15) is 5.75 Å². The molecule has 0 N–H and O–H groups in total. The van der Waals surface area contributed by atoms with Gasteiger partial charge in [-0.2, -0.15) is 4.98 Å². The molecule has 4 nitrogen and oxygen atoms in total. The first-order valence-electron chi connectivity index (χ1n) is 5.47. The number of aromatic nitrogens is 2. The van der Waals surface area contributed by atoms with Crippen LogP contribution in [-0.4, -0.2) is 10.1 Å². The molecule has 0 radical (unpaired) electrons. The summed E-state index contributed by atoms with van der Waals surface area (Å²) in [6.07, 6.45) is 1.82. The summed E-state index contributed by atoms with van der Waals surface area (Å²) < 4.78 is 11.8. The molecule has 0 aliphatic carbocycles. The second kappa shape index (κ2) is 6.00. The summed E-state index contributed by atoms with van der Waals surface area (Å²) in [5.74, 6) is 2.08. The average Bonchev–Trinajstić information content (AvgIpc) is 2.75. The standard InChI is InChI=1S/C12H13IN2O2/c1-2-4-12-14-11(15-17-12)8-16-10-6-3-5-9(13)7-10/h3,5-7H,2,4,8H2,1H3. The van der Waals surface area contributed by atoms with Gasteiger partial charge in [0.05, 0.1) is 0 Å². The predicted molar refractivity (Wildman–Crippen MR) is 71.8 cm³/mol. The van der Waals surface area contributed by atoms with Gasteiger partial charge in [0.2, 0.25) is 11.7 Å². The number of benzene rings is 1. The lowest BCUT2D eigenvalue weighted by molar-refractivity contribution is 0.285. The molecule has 5 heteroatoms. The fraction of sp³-hybridized carbons (Fsp3) is 0.333. The second-order valence-electron chi connectivity index (χ2n) is 3.60. The molecular formula is C12H13IN2O2. The van der Waals surface area contributed by atoms with Crippen LogP contribution in [0.15, 0.2) is 28.8 Å². The van der Waals surface area contributed by atoms with Crippen LogP contribution in [0.5, 0.6) is 5.75 Å². The number of aryl methyl sites for hydroxylation is 1. The highest BCUT2D eigenvalue weighted by Gasteiger charge is 2.05. The minimum atomic E-state index is 0.341. The molecule has 0 unspecified atom stereocenters. The Balaban J connectivity index is 1.93. The van der Waals surface area contributed by atoms with E-state index < -0.39 is 0 Å². The summed E-state index contributed by atoms with van der Waals surface area (Å²) in [6, 6.07) is 7.85. The number of hydrogen-bond donors (Lipinski definition) is 0. The van der Waals surface area contributed by atoms with Crippen molar-refractivity contribution in [2.24, 2.45) is 0 Å². The van der Waals surface area contributed by atoms with Crippen LogP contribution >= 0.6 is 22.6 Å². The smallest absolute Gasteiger partial charge is 0.226 e. The molecule has 0 atom stereocenters. The highest BCUT2D eigenvalue weighted by Crippen LogP contribution is 2.15. The van der Waals surface area contributed by atoms with Gasteiger partial charge in [-0.05, 0) is 47.2 Å². The molecule has 1 aromatic heterocycles. The predicted octanol–water partition coefficient (Wildman–Crippen LogP) is 3.21. The molecule has 0 bridgehead atoms. The van der Waals surface area contributed by atoms with Crippen molar-refractivity contribution in [2.75, 3.05) is 0 Å². The van der Waals surface area contributed by atoms with Gasteiger partial charge < -0.3 is 9.26 Å². The lowest BCUT2D eigenvalue weighted by Crippen LogP contribution is -1.98. The van der Waals surface area contributed by atoms with Crippen molar-refractivity contribution in [1.29, 1.82) is 0 Å². The van der Waals surface area contributed by atoms with Gasteiger partial charge in [-0.15, -0.1) is 0 Å². The Morgan fingerprint density at radius 3 is 3.06 bits per heavy atom. The lowest BCUT2D eigenvalue weighted by Gasteiger charge is -2.02. The van der Waals surface area contributed by atoms with E-state index in [2.05, 4.69) is 39.7 Å². The summed E-state index contributed by atoms with van der Waals surface area (Å²) in [7, 11) is 0. The summed E-state index contributed by atoms with van der Waals surface area (Å²) in [5, 5.41) is 3.86. The van der Waals surface area contributed by atoms with Crippen LogP contribution in [0.25, 0.3) is 0 Å². The largest absolute Gasteiger partial charge is 0.485 e. The van der Waals surface area contributed by atoms with Crippen molar-refractivity contribution >= 4 is 22.6 Å². The summed E-state index contributed by atoms with van der Waals surface area (Å²) in [5.41, 5.74) is 0. The van der Waals surface area contributed by atoms with Crippen LogP contribution in [0.4, 0.5) is 0 Å². The van der Waals surface area contributed by atoms with Crippen LogP contribution < -0.4 is 4.74 Å². The normalized spacial score (nSPS) is 10.5. The zero-order valence-electron chi connectivity index (χ0n) is 9.52. The second-order valence-corrected chi connectivity index (χ2v) is 4.85. The van der Waals surface area contributed by atoms with Crippen LogP contribution in [0, 0.1) is 3.57 Å². The molecule has 0 aliphatic rings. The van der Waals surface area contributed by atoms with E-state index in [-0.39, 0.29) is 0 Å². The Bertz CT molecular complexity index is 485. The van der Waals surface area contributed by atoms with Crippen molar-refractivity contribution in [3.8, 4) is 5.75 Å². The van der Waals surface area contributed by atoms with Crippen molar-refractivity contribution in [3.05, 3.63) is 39.6 Å². The molecule has 0 fully saturated rings. The average molecular weight is 344 g/mol. The Labute approximate surface area is 114 Å². The summed E-state index contributed by atoms with van der Waals surface area (Å²) >= 11 is 2.25. The van der Waals surface area contributed by atoms with Gasteiger partial charge in [0.15, 0.2) is 6.61 Å². The van der Waals surface area contributed by atoms with Crippen molar-refractivity contribution in [3.63, 3.8) is 0 Å². The first-order valence-corrected chi connectivity index (χ1v) is 6.55. The van der Waals surface area contributed by atoms with Crippen molar-refractivity contribution in [1.82, 2.24) is 10.1 Å². The third-order valence-corrected chi connectivity index (χ3v) is 2.81. The van der Waals surface area contributed by atoms with Crippen molar-refractivity contribution < 1.29 is 9.26 Å². The molecule has 0 saturated carbocycles. The molecule has 90 valence electrons. The molecule has 0 spiro atoms. The zero-order valence-corrected chi connectivity index (χ0v) is 11.7. The van der Waals surface area contributed by atoms with E-state index in [1.165, 1.54) is 0 Å².